The molecule has 0 atom stereocenters. The van der Waals surface area contributed by atoms with Crippen molar-refractivity contribution in [2.75, 3.05) is 81.6 Å². The van der Waals surface area contributed by atoms with E-state index in [0.717, 1.165) is 80.6 Å². The van der Waals surface area contributed by atoms with E-state index in [4.69, 9.17) is 20.4 Å². The third-order valence-electron chi connectivity index (χ3n) is 7.25. The van der Waals surface area contributed by atoms with E-state index >= 15 is 0 Å². The summed E-state index contributed by atoms with van der Waals surface area (Å²) in [4.78, 5) is 40.2. The number of morpholine rings is 1. The number of carbonyl (C=O) groups is 1. The van der Waals surface area contributed by atoms with Crippen LogP contribution in [0, 0.1) is 0 Å². The molecule has 1 amide bonds. The van der Waals surface area contributed by atoms with E-state index in [0.29, 0.717) is 24.7 Å². The Hall–Kier alpha value is -3.83. The molecule has 1 aromatic carbocycles. The number of fused-ring (bicyclic) bond motifs is 1. The second-order valence-corrected chi connectivity index (χ2v) is 9.65. The number of piperazine rings is 1. The second kappa shape index (κ2) is 9.91. The molecule has 2 fully saturated rings. The third kappa shape index (κ3) is 4.67. The van der Waals surface area contributed by atoms with Crippen LogP contribution in [0.15, 0.2) is 36.7 Å². The third-order valence-corrected chi connectivity index (χ3v) is 7.25. The van der Waals surface area contributed by atoms with Crippen molar-refractivity contribution < 1.29 is 9.53 Å². The molecule has 3 aliphatic heterocycles. The van der Waals surface area contributed by atoms with Crippen molar-refractivity contribution in [3.8, 4) is 11.3 Å². The number of carbonyl (C=O) groups excluding carboxylic acids is 1. The number of nitrogen functional groups attached to an aromatic ring is 1. The van der Waals surface area contributed by atoms with Gasteiger partial charge < -0.3 is 30.1 Å². The van der Waals surface area contributed by atoms with Crippen molar-refractivity contribution in [1.82, 2.24) is 29.7 Å². The molecule has 192 valence electrons. The van der Waals surface area contributed by atoms with Gasteiger partial charge in [-0.05, 0) is 31.7 Å². The summed E-state index contributed by atoms with van der Waals surface area (Å²) >= 11 is 0. The number of benzene rings is 1. The van der Waals surface area contributed by atoms with Gasteiger partial charge in [-0.15, -0.1) is 0 Å². The molecule has 0 unspecified atom stereocenters. The van der Waals surface area contributed by atoms with E-state index in [2.05, 4.69) is 31.7 Å². The fraction of sp³-hybridized carbons (Fsp3) is 0.423. The number of aromatic nitrogens is 4. The monoisotopic (exact) mass is 501 g/mol. The van der Waals surface area contributed by atoms with Gasteiger partial charge in [-0.1, -0.05) is 6.07 Å². The highest BCUT2D eigenvalue weighted by atomic mass is 16.5. The predicted octanol–water partition coefficient (Wildman–Crippen LogP) is 1.43. The van der Waals surface area contributed by atoms with Gasteiger partial charge >= 0.3 is 0 Å². The normalized spacial score (nSPS) is 18.2. The van der Waals surface area contributed by atoms with Crippen molar-refractivity contribution in [3.05, 3.63) is 47.8 Å². The molecular formula is C26H31N9O2. The molecule has 37 heavy (non-hydrogen) atoms. The summed E-state index contributed by atoms with van der Waals surface area (Å²) in [5, 5.41) is 0. The maximum Gasteiger partial charge on any atom is 0.254 e. The largest absolute Gasteiger partial charge is 0.378 e. The van der Waals surface area contributed by atoms with Gasteiger partial charge in [0.1, 0.15) is 5.82 Å². The molecule has 0 spiro atoms. The summed E-state index contributed by atoms with van der Waals surface area (Å²) in [6, 6.07) is 7.88. The Balaban J connectivity index is 1.37. The number of rotatable bonds is 4. The van der Waals surface area contributed by atoms with E-state index in [9.17, 15) is 4.79 Å². The summed E-state index contributed by atoms with van der Waals surface area (Å²) in [6.07, 6.45) is 4.20. The SMILES string of the molecule is CN1CCN(C(=O)c2cccc(N3CCc4c(-c5cnc(N)nc5)nc(N5CCOCC5)nc43)c2)CC1. The lowest BCUT2D eigenvalue weighted by Gasteiger charge is -2.32. The van der Waals surface area contributed by atoms with Crippen molar-refractivity contribution >= 4 is 29.3 Å². The number of amides is 1. The molecular weight excluding hydrogens is 470 g/mol. The highest BCUT2D eigenvalue weighted by molar-refractivity contribution is 5.95. The topological polar surface area (TPSA) is 117 Å². The fourth-order valence-corrected chi connectivity index (χ4v) is 5.10. The number of nitrogens with two attached hydrogens (primary N) is 1. The molecule has 3 aliphatic rings. The van der Waals surface area contributed by atoms with Gasteiger partial charge in [0.2, 0.25) is 11.9 Å². The van der Waals surface area contributed by atoms with E-state index in [1.54, 1.807) is 12.4 Å². The highest BCUT2D eigenvalue weighted by Gasteiger charge is 2.30. The molecule has 5 heterocycles. The van der Waals surface area contributed by atoms with Crippen LogP contribution in [0.1, 0.15) is 15.9 Å². The first-order chi connectivity index (χ1) is 18.1. The first-order valence-corrected chi connectivity index (χ1v) is 12.7. The molecule has 2 saturated heterocycles. The lowest BCUT2D eigenvalue weighted by Crippen LogP contribution is -2.47. The number of ether oxygens (including phenoxy) is 1. The van der Waals surface area contributed by atoms with Gasteiger partial charge in [0.05, 0.1) is 18.9 Å². The maximum atomic E-state index is 13.3. The zero-order valence-electron chi connectivity index (χ0n) is 21.0. The van der Waals surface area contributed by atoms with Crippen molar-refractivity contribution in [3.63, 3.8) is 0 Å². The Morgan fingerprint density at radius 3 is 2.49 bits per heavy atom. The Kier molecular flexibility index (Phi) is 6.31. The first-order valence-electron chi connectivity index (χ1n) is 12.7. The zero-order valence-corrected chi connectivity index (χ0v) is 21.0. The zero-order chi connectivity index (χ0) is 25.4. The molecule has 6 rings (SSSR count). The van der Waals surface area contributed by atoms with E-state index < -0.39 is 0 Å². The van der Waals surface area contributed by atoms with Gasteiger partial charge in [0.25, 0.3) is 5.91 Å². The van der Waals surface area contributed by atoms with E-state index in [1.807, 2.05) is 29.2 Å². The molecule has 11 heteroatoms. The van der Waals surface area contributed by atoms with Gasteiger partial charge in [-0.3, -0.25) is 4.79 Å². The van der Waals surface area contributed by atoms with E-state index in [1.165, 1.54) is 0 Å². The molecule has 0 aliphatic carbocycles. The first kappa shape index (κ1) is 23.6. The summed E-state index contributed by atoms with van der Waals surface area (Å²) in [5.74, 6) is 1.81. The minimum absolute atomic E-state index is 0.0748. The highest BCUT2D eigenvalue weighted by Crippen LogP contribution is 2.39. The van der Waals surface area contributed by atoms with Crippen molar-refractivity contribution in [2.45, 2.75) is 6.42 Å². The molecule has 11 nitrogen and oxygen atoms in total. The minimum Gasteiger partial charge on any atom is -0.378 e. The number of likely N-dealkylation sites (N-methyl/N-ethyl adjacent to an activating group) is 1. The van der Waals surface area contributed by atoms with Crippen molar-refractivity contribution in [1.29, 1.82) is 0 Å². The van der Waals surface area contributed by atoms with Crippen LogP contribution in [0.25, 0.3) is 11.3 Å². The minimum atomic E-state index is 0.0748. The summed E-state index contributed by atoms with van der Waals surface area (Å²) in [7, 11) is 2.09. The Bertz CT molecular complexity index is 1290. The molecule has 0 saturated carbocycles. The lowest BCUT2D eigenvalue weighted by atomic mass is 10.1. The molecule has 3 aromatic rings. The van der Waals surface area contributed by atoms with Gasteiger partial charge in [-0.25, -0.2) is 15.0 Å². The van der Waals surface area contributed by atoms with Crippen LogP contribution in [0.5, 0.6) is 0 Å². The average molecular weight is 502 g/mol. The lowest BCUT2D eigenvalue weighted by molar-refractivity contribution is 0.0664. The number of hydrogen-bond donors (Lipinski definition) is 1. The number of nitrogens with zero attached hydrogens (tertiary/aromatic N) is 8. The predicted molar refractivity (Wildman–Crippen MR) is 141 cm³/mol. The quantitative estimate of drug-likeness (QED) is 0.563. The molecule has 0 radical (unpaired) electrons. The smallest absolute Gasteiger partial charge is 0.254 e. The number of hydrogen-bond acceptors (Lipinski definition) is 10. The van der Waals surface area contributed by atoms with Crippen LogP contribution in [0.2, 0.25) is 0 Å². The standard InChI is InChI=1S/C26H31N9O2/c1-32-7-9-33(10-8-32)24(36)18-3-2-4-20(15-18)35-6-5-21-22(19-16-28-25(27)29-17-19)30-26(31-23(21)35)34-11-13-37-14-12-34/h2-4,15-17H,5-14H2,1H3,(H2,27,28,29). The van der Waals surface area contributed by atoms with Crippen LogP contribution in [-0.4, -0.2) is 102 Å². The average Bonchev–Trinajstić information content (AvgIpc) is 3.38. The van der Waals surface area contributed by atoms with Gasteiger partial charge in [0.15, 0.2) is 0 Å². The Morgan fingerprint density at radius 1 is 0.973 bits per heavy atom. The van der Waals surface area contributed by atoms with Crippen LogP contribution >= 0.6 is 0 Å². The van der Waals surface area contributed by atoms with Crippen molar-refractivity contribution in [2.24, 2.45) is 0 Å². The van der Waals surface area contributed by atoms with E-state index in [-0.39, 0.29) is 11.9 Å². The van der Waals surface area contributed by atoms with Crippen LogP contribution < -0.4 is 15.5 Å². The fourth-order valence-electron chi connectivity index (χ4n) is 5.10. The summed E-state index contributed by atoms with van der Waals surface area (Å²) < 4.78 is 5.54. The molecule has 0 bridgehead atoms. The van der Waals surface area contributed by atoms with Crippen LogP contribution in [-0.2, 0) is 11.2 Å². The maximum absolute atomic E-state index is 13.3. The summed E-state index contributed by atoms with van der Waals surface area (Å²) in [6.45, 7) is 6.75. The molecule has 2 aromatic heterocycles. The Morgan fingerprint density at radius 2 is 1.73 bits per heavy atom. The van der Waals surface area contributed by atoms with Gasteiger partial charge in [0, 0.05) is 80.6 Å². The summed E-state index contributed by atoms with van der Waals surface area (Å²) in [5.41, 5.74) is 10.1. The van der Waals surface area contributed by atoms with Gasteiger partial charge in [-0.2, -0.15) is 4.98 Å². The molecule has 2 N–H and O–H groups in total. The van der Waals surface area contributed by atoms with Crippen LogP contribution in [0.3, 0.4) is 0 Å². The number of anilines is 4. The Labute approximate surface area is 215 Å². The second-order valence-electron chi connectivity index (χ2n) is 9.65. The van der Waals surface area contributed by atoms with Crippen LogP contribution in [0.4, 0.5) is 23.4 Å².